The molecular formula is C19H24N2O3S. The zero-order chi connectivity index (χ0) is 18.6. The molecule has 2 rings (SSSR count). The van der Waals surface area contributed by atoms with Crippen molar-refractivity contribution in [3.63, 3.8) is 0 Å². The second-order valence-corrected chi connectivity index (χ2v) is 7.99. The van der Waals surface area contributed by atoms with Gasteiger partial charge in [-0.15, -0.1) is 0 Å². The SMILES string of the molecule is Cc1cc(C)c(S(=O)(=O)NCC(=O)N(C)Cc2ccccc2)c(C)c1. The Labute approximate surface area is 149 Å². The molecule has 25 heavy (non-hydrogen) atoms. The number of benzene rings is 2. The average Bonchev–Trinajstić information content (AvgIpc) is 2.52. The van der Waals surface area contributed by atoms with Crippen molar-refractivity contribution in [1.29, 1.82) is 0 Å². The molecule has 1 amide bonds. The fourth-order valence-corrected chi connectivity index (χ4v) is 4.32. The summed E-state index contributed by atoms with van der Waals surface area (Å²) in [5.41, 5.74) is 3.35. The van der Waals surface area contributed by atoms with Crippen molar-refractivity contribution >= 4 is 15.9 Å². The lowest BCUT2D eigenvalue weighted by molar-refractivity contribution is -0.129. The zero-order valence-electron chi connectivity index (χ0n) is 15.0. The van der Waals surface area contributed by atoms with E-state index in [1.165, 1.54) is 4.90 Å². The van der Waals surface area contributed by atoms with Gasteiger partial charge in [0.05, 0.1) is 11.4 Å². The van der Waals surface area contributed by atoms with Gasteiger partial charge in [-0.2, -0.15) is 0 Å². The number of sulfonamides is 1. The number of rotatable bonds is 6. The molecule has 0 bridgehead atoms. The first-order valence-corrected chi connectivity index (χ1v) is 9.54. The first-order chi connectivity index (χ1) is 11.7. The van der Waals surface area contributed by atoms with Crippen molar-refractivity contribution < 1.29 is 13.2 Å². The quantitative estimate of drug-likeness (QED) is 0.861. The van der Waals surface area contributed by atoms with Gasteiger partial charge in [0.25, 0.3) is 0 Å². The average molecular weight is 360 g/mol. The van der Waals surface area contributed by atoms with Gasteiger partial charge in [-0.05, 0) is 37.5 Å². The van der Waals surface area contributed by atoms with Gasteiger partial charge in [0.15, 0.2) is 0 Å². The molecule has 134 valence electrons. The van der Waals surface area contributed by atoms with Crippen molar-refractivity contribution in [1.82, 2.24) is 9.62 Å². The number of aryl methyl sites for hydroxylation is 3. The molecule has 6 heteroatoms. The van der Waals surface area contributed by atoms with Crippen molar-refractivity contribution in [2.45, 2.75) is 32.2 Å². The minimum Gasteiger partial charge on any atom is -0.340 e. The lowest BCUT2D eigenvalue weighted by atomic mass is 10.1. The molecule has 0 aromatic heterocycles. The van der Waals surface area contributed by atoms with Crippen LogP contribution in [0.1, 0.15) is 22.3 Å². The number of nitrogens with one attached hydrogen (secondary N) is 1. The highest BCUT2D eigenvalue weighted by molar-refractivity contribution is 7.89. The molecule has 0 unspecified atom stereocenters. The van der Waals surface area contributed by atoms with Crippen LogP contribution in [0.25, 0.3) is 0 Å². The zero-order valence-corrected chi connectivity index (χ0v) is 15.9. The van der Waals surface area contributed by atoms with Crippen LogP contribution >= 0.6 is 0 Å². The third-order valence-electron chi connectivity index (χ3n) is 3.98. The lowest BCUT2D eigenvalue weighted by Gasteiger charge is -2.18. The van der Waals surface area contributed by atoms with Gasteiger partial charge in [-0.3, -0.25) is 4.79 Å². The number of hydrogen-bond donors (Lipinski definition) is 1. The predicted octanol–water partition coefficient (Wildman–Crippen LogP) is 2.55. The normalized spacial score (nSPS) is 11.4. The van der Waals surface area contributed by atoms with Crippen molar-refractivity contribution in [3.8, 4) is 0 Å². The van der Waals surface area contributed by atoms with Crippen LogP contribution in [0.4, 0.5) is 0 Å². The van der Waals surface area contributed by atoms with Gasteiger partial charge in [0, 0.05) is 13.6 Å². The first kappa shape index (κ1) is 19.1. The molecule has 0 aliphatic rings. The molecule has 0 fully saturated rings. The van der Waals surface area contributed by atoms with Crippen molar-refractivity contribution in [2.75, 3.05) is 13.6 Å². The third kappa shape index (κ3) is 4.90. The minimum atomic E-state index is -3.74. The number of carbonyl (C=O) groups excluding carboxylic acids is 1. The number of nitrogens with zero attached hydrogens (tertiary/aromatic N) is 1. The van der Waals surface area contributed by atoms with E-state index >= 15 is 0 Å². The molecule has 0 atom stereocenters. The molecule has 1 N–H and O–H groups in total. The van der Waals surface area contributed by atoms with Gasteiger partial charge < -0.3 is 4.90 Å². The summed E-state index contributed by atoms with van der Waals surface area (Å²) in [7, 11) is -2.08. The maximum Gasteiger partial charge on any atom is 0.241 e. The van der Waals surface area contributed by atoms with Crippen molar-refractivity contribution in [2.24, 2.45) is 0 Å². The highest BCUT2D eigenvalue weighted by atomic mass is 32.2. The fourth-order valence-electron chi connectivity index (χ4n) is 2.90. The Balaban J connectivity index is 2.06. The van der Waals surface area contributed by atoms with Crippen LogP contribution in [0.3, 0.4) is 0 Å². The van der Waals surface area contributed by atoms with Gasteiger partial charge in [-0.25, -0.2) is 13.1 Å². The molecule has 0 spiro atoms. The maximum atomic E-state index is 12.6. The summed E-state index contributed by atoms with van der Waals surface area (Å²) < 4.78 is 27.6. The Bertz CT molecular complexity index is 838. The van der Waals surface area contributed by atoms with E-state index in [1.807, 2.05) is 49.4 Å². The Morgan fingerprint density at radius 2 is 1.60 bits per heavy atom. The Morgan fingerprint density at radius 1 is 1.04 bits per heavy atom. The van der Waals surface area contributed by atoms with Gasteiger partial charge in [0.2, 0.25) is 15.9 Å². The van der Waals surface area contributed by atoms with E-state index in [2.05, 4.69) is 4.72 Å². The molecule has 0 radical (unpaired) electrons. The fraction of sp³-hybridized carbons (Fsp3) is 0.316. The summed E-state index contributed by atoms with van der Waals surface area (Å²) in [6.45, 7) is 5.62. The van der Waals surface area contributed by atoms with E-state index in [9.17, 15) is 13.2 Å². The summed E-state index contributed by atoms with van der Waals surface area (Å²) in [5, 5.41) is 0. The molecule has 0 heterocycles. The summed E-state index contributed by atoms with van der Waals surface area (Å²) in [4.78, 5) is 14.0. The van der Waals surface area contributed by atoms with Gasteiger partial charge >= 0.3 is 0 Å². The third-order valence-corrected chi connectivity index (χ3v) is 5.68. The summed E-state index contributed by atoms with van der Waals surface area (Å²) >= 11 is 0. The number of carbonyl (C=O) groups is 1. The van der Waals surface area contributed by atoms with Gasteiger partial charge in [-0.1, -0.05) is 48.0 Å². The lowest BCUT2D eigenvalue weighted by Crippen LogP contribution is -2.38. The van der Waals surface area contributed by atoms with E-state index < -0.39 is 10.0 Å². The monoisotopic (exact) mass is 360 g/mol. The summed E-state index contributed by atoms with van der Waals surface area (Å²) in [6.07, 6.45) is 0. The molecule has 2 aromatic rings. The van der Waals surface area contributed by atoms with Crippen LogP contribution < -0.4 is 4.72 Å². The molecule has 5 nitrogen and oxygen atoms in total. The van der Waals surface area contributed by atoms with Crippen LogP contribution in [0.5, 0.6) is 0 Å². The molecule has 0 saturated carbocycles. The van der Waals surface area contributed by atoms with E-state index in [0.717, 1.165) is 11.1 Å². The smallest absolute Gasteiger partial charge is 0.241 e. The van der Waals surface area contributed by atoms with Crippen LogP contribution in [-0.4, -0.2) is 32.8 Å². The minimum absolute atomic E-state index is 0.247. The topological polar surface area (TPSA) is 66.5 Å². The van der Waals surface area contributed by atoms with Gasteiger partial charge in [0.1, 0.15) is 0 Å². The highest BCUT2D eigenvalue weighted by Crippen LogP contribution is 2.21. The van der Waals surface area contributed by atoms with Crippen LogP contribution in [0.15, 0.2) is 47.4 Å². The molecule has 2 aromatic carbocycles. The van der Waals surface area contributed by atoms with E-state index in [1.54, 1.807) is 20.9 Å². The number of hydrogen-bond acceptors (Lipinski definition) is 3. The van der Waals surface area contributed by atoms with E-state index in [4.69, 9.17) is 0 Å². The maximum absolute atomic E-state index is 12.6. The Hall–Kier alpha value is -2.18. The molecule has 0 aliphatic carbocycles. The summed E-state index contributed by atoms with van der Waals surface area (Å²) in [6, 6.07) is 13.2. The van der Waals surface area contributed by atoms with E-state index in [0.29, 0.717) is 17.7 Å². The number of amides is 1. The Morgan fingerprint density at radius 3 is 2.16 bits per heavy atom. The van der Waals surface area contributed by atoms with Crippen LogP contribution in [0.2, 0.25) is 0 Å². The molecular weight excluding hydrogens is 336 g/mol. The second-order valence-electron chi connectivity index (χ2n) is 6.29. The van der Waals surface area contributed by atoms with Crippen LogP contribution in [0, 0.1) is 20.8 Å². The summed E-state index contributed by atoms with van der Waals surface area (Å²) in [5.74, 6) is -0.283. The second kappa shape index (κ2) is 7.80. The van der Waals surface area contributed by atoms with Crippen molar-refractivity contribution in [3.05, 3.63) is 64.7 Å². The van der Waals surface area contributed by atoms with Crippen LogP contribution in [-0.2, 0) is 21.4 Å². The first-order valence-electron chi connectivity index (χ1n) is 8.06. The highest BCUT2D eigenvalue weighted by Gasteiger charge is 2.21. The molecule has 0 aliphatic heterocycles. The standard InChI is InChI=1S/C19H24N2O3S/c1-14-10-15(2)19(16(3)11-14)25(23,24)20-12-18(22)21(4)13-17-8-6-5-7-9-17/h5-11,20H,12-13H2,1-4H3. The van der Waals surface area contributed by atoms with E-state index in [-0.39, 0.29) is 17.3 Å². The molecule has 0 saturated heterocycles. The number of likely N-dealkylation sites (N-methyl/N-ethyl adjacent to an activating group) is 1. The Kier molecular flexibility index (Phi) is 5.98. The predicted molar refractivity (Wildman–Crippen MR) is 98.8 cm³/mol. The largest absolute Gasteiger partial charge is 0.340 e.